The quantitative estimate of drug-likeness (QED) is 0.735. The molecular formula is C9H17F3N2. The molecule has 1 aliphatic heterocycles. The minimum Gasteiger partial charge on any atom is -0.311 e. The van der Waals surface area contributed by atoms with E-state index in [1.165, 1.54) is 4.90 Å². The van der Waals surface area contributed by atoms with Crippen molar-refractivity contribution in [3.63, 3.8) is 0 Å². The highest BCUT2D eigenvalue weighted by Gasteiger charge is 2.34. The van der Waals surface area contributed by atoms with E-state index in [2.05, 4.69) is 5.32 Å². The summed E-state index contributed by atoms with van der Waals surface area (Å²) in [5.41, 5.74) is 0. The molecule has 0 radical (unpaired) electrons. The predicted octanol–water partition coefficient (Wildman–Crippen LogP) is 1.28. The van der Waals surface area contributed by atoms with Gasteiger partial charge in [0.25, 0.3) is 5.92 Å². The maximum Gasteiger partial charge on any atom is 0.272 e. The first-order valence-corrected chi connectivity index (χ1v) is 4.98. The van der Waals surface area contributed by atoms with Gasteiger partial charge in [0.15, 0.2) is 0 Å². The lowest BCUT2D eigenvalue weighted by Gasteiger charge is -2.23. The first kappa shape index (κ1) is 11.8. The second-order valence-corrected chi connectivity index (χ2v) is 3.76. The van der Waals surface area contributed by atoms with Crippen LogP contribution in [0.25, 0.3) is 0 Å². The van der Waals surface area contributed by atoms with E-state index in [1.807, 2.05) is 0 Å². The fourth-order valence-corrected chi connectivity index (χ4v) is 1.62. The largest absolute Gasteiger partial charge is 0.311 e. The highest BCUT2D eigenvalue weighted by molar-refractivity contribution is 4.81. The maximum absolute atomic E-state index is 13.2. The molecule has 1 rings (SSSR count). The molecule has 0 aliphatic carbocycles. The molecule has 1 heterocycles. The van der Waals surface area contributed by atoms with Gasteiger partial charge in [0.05, 0.1) is 13.1 Å². The summed E-state index contributed by atoms with van der Waals surface area (Å²) < 4.78 is 39.0. The Morgan fingerprint density at radius 2 is 2.21 bits per heavy atom. The van der Waals surface area contributed by atoms with Gasteiger partial charge >= 0.3 is 0 Å². The van der Waals surface area contributed by atoms with Crippen molar-refractivity contribution < 1.29 is 13.2 Å². The predicted molar refractivity (Wildman–Crippen MR) is 49.4 cm³/mol. The van der Waals surface area contributed by atoms with Crippen molar-refractivity contribution in [3.8, 4) is 0 Å². The molecule has 0 aromatic heterocycles. The minimum absolute atomic E-state index is 0.154. The molecule has 1 atom stereocenters. The third kappa shape index (κ3) is 3.84. The van der Waals surface area contributed by atoms with Gasteiger partial charge in [-0.05, 0) is 13.0 Å². The summed E-state index contributed by atoms with van der Waals surface area (Å²) in [4.78, 5) is 1.49. The van der Waals surface area contributed by atoms with Gasteiger partial charge in [0, 0.05) is 13.1 Å². The number of hydrogen-bond acceptors (Lipinski definition) is 2. The Hall–Kier alpha value is -0.290. The highest BCUT2D eigenvalue weighted by Crippen LogP contribution is 2.19. The molecule has 1 N–H and O–H groups in total. The molecule has 1 fully saturated rings. The van der Waals surface area contributed by atoms with Crippen LogP contribution in [-0.4, -0.2) is 49.7 Å². The standard InChI is InChI=1S/C9H17F3N2/c1-2-13-6-9(11,12)7-14-4-3-8(10)5-14/h8,13H,2-7H2,1H3. The van der Waals surface area contributed by atoms with Crippen LogP contribution < -0.4 is 5.32 Å². The summed E-state index contributed by atoms with van der Waals surface area (Å²) >= 11 is 0. The number of nitrogens with one attached hydrogen (secondary N) is 1. The van der Waals surface area contributed by atoms with Crippen LogP contribution in [0.4, 0.5) is 13.2 Å². The zero-order valence-corrected chi connectivity index (χ0v) is 8.40. The number of halogens is 3. The van der Waals surface area contributed by atoms with E-state index in [4.69, 9.17) is 0 Å². The third-order valence-electron chi connectivity index (χ3n) is 2.30. The third-order valence-corrected chi connectivity index (χ3v) is 2.30. The molecule has 1 unspecified atom stereocenters. The van der Waals surface area contributed by atoms with Crippen LogP contribution in [-0.2, 0) is 0 Å². The summed E-state index contributed by atoms with van der Waals surface area (Å²) in [6.07, 6.45) is -0.540. The Balaban J connectivity index is 2.27. The van der Waals surface area contributed by atoms with Crippen LogP contribution in [0.5, 0.6) is 0 Å². The molecule has 0 spiro atoms. The Morgan fingerprint density at radius 1 is 1.50 bits per heavy atom. The van der Waals surface area contributed by atoms with Crippen LogP contribution >= 0.6 is 0 Å². The van der Waals surface area contributed by atoms with Crippen molar-refractivity contribution in [2.45, 2.75) is 25.4 Å². The molecule has 1 aliphatic rings. The average molecular weight is 210 g/mol. The minimum atomic E-state index is -2.75. The number of likely N-dealkylation sites (tertiary alicyclic amines) is 1. The van der Waals surface area contributed by atoms with E-state index in [0.717, 1.165) is 0 Å². The van der Waals surface area contributed by atoms with Gasteiger partial charge in [0.2, 0.25) is 0 Å². The normalized spacial score (nSPS) is 24.4. The van der Waals surface area contributed by atoms with Gasteiger partial charge < -0.3 is 5.32 Å². The Bertz CT molecular complexity index is 175. The first-order chi connectivity index (χ1) is 6.53. The van der Waals surface area contributed by atoms with Crippen molar-refractivity contribution >= 4 is 0 Å². The van der Waals surface area contributed by atoms with Gasteiger partial charge in [-0.1, -0.05) is 6.92 Å². The van der Waals surface area contributed by atoms with Crippen molar-refractivity contribution in [3.05, 3.63) is 0 Å². The van der Waals surface area contributed by atoms with Crippen LogP contribution in [0.2, 0.25) is 0 Å². The Labute approximate surface area is 82.5 Å². The Kier molecular flexibility index (Phi) is 4.19. The van der Waals surface area contributed by atoms with Crippen LogP contribution in [0.15, 0.2) is 0 Å². The van der Waals surface area contributed by atoms with Gasteiger partial charge in [-0.25, -0.2) is 13.2 Å². The zero-order chi connectivity index (χ0) is 10.6. The van der Waals surface area contributed by atoms with Gasteiger partial charge in [0.1, 0.15) is 6.17 Å². The van der Waals surface area contributed by atoms with E-state index in [1.54, 1.807) is 6.92 Å². The smallest absolute Gasteiger partial charge is 0.272 e. The molecule has 2 nitrogen and oxygen atoms in total. The molecule has 0 bridgehead atoms. The van der Waals surface area contributed by atoms with Crippen LogP contribution in [0.3, 0.4) is 0 Å². The van der Waals surface area contributed by atoms with Gasteiger partial charge in [-0.2, -0.15) is 0 Å². The van der Waals surface area contributed by atoms with E-state index in [9.17, 15) is 13.2 Å². The average Bonchev–Trinajstić information content (AvgIpc) is 2.47. The number of rotatable bonds is 5. The molecule has 0 amide bonds. The summed E-state index contributed by atoms with van der Waals surface area (Å²) in [5.74, 6) is -2.75. The van der Waals surface area contributed by atoms with Crippen molar-refractivity contribution in [2.75, 3.05) is 32.7 Å². The molecule has 0 saturated carbocycles. The van der Waals surface area contributed by atoms with E-state index in [-0.39, 0.29) is 19.6 Å². The van der Waals surface area contributed by atoms with Crippen molar-refractivity contribution in [2.24, 2.45) is 0 Å². The molecule has 1 saturated heterocycles. The fourth-order valence-electron chi connectivity index (χ4n) is 1.62. The molecule has 0 aromatic rings. The maximum atomic E-state index is 13.2. The van der Waals surface area contributed by atoms with Crippen molar-refractivity contribution in [1.29, 1.82) is 0 Å². The number of hydrogen-bond donors (Lipinski definition) is 1. The molecule has 0 aromatic carbocycles. The lowest BCUT2D eigenvalue weighted by atomic mass is 10.3. The Morgan fingerprint density at radius 3 is 2.71 bits per heavy atom. The topological polar surface area (TPSA) is 15.3 Å². The summed E-state index contributed by atoms with van der Waals surface area (Å²) in [7, 11) is 0. The second kappa shape index (κ2) is 4.98. The van der Waals surface area contributed by atoms with Crippen LogP contribution in [0.1, 0.15) is 13.3 Å². The lowest BCUT2D eigenvalue weighted by Crippen LogP contribution is -2.42. The molecular weight excluding hydrogens is 193 g/mol. The van der Waals surface area contributed by atoms with Crippen LogP contribution in [0, 0.1) is 0 Å². The molecule has 84 valence electrons. The zero-order valence-electron chi connectivity index (χ0n) is 8.40. The summed E-state index contributed by atoms with van der Waals surface area (Å²) in [6, 6.07) is 0. The molecule has 5 heteroatoms. The number of nitrogens with zero attached hydrogens (tertiary/aromatic N) is 1. The lowest BCUT2D eigenvalue weighted by molar-refractivity contribution is -0.0259. The van der Waals surface area contributed by atoms with Gasteiger partial charge in [-0.15, -0.1) is 0 Å². The summed E-state index contributed by atoms with van der Waals surface area (Å²) in [6.45, 7) is 2.26. The van der Waals surface area contributed by atoms with Crippen molar-refractivity contribution in [1.82, 2.24) is 10.2 Å². The molecule has 14 heavy (non-hydrogen) atoms. The monoisotopic (exact) mass is 210 g/mol. The highest BCUT2D eigenvalue weighted by atomic mass is 19.3. The SMILES string of the molecule is CCNCC(F)(F)CN1CCC(F)C1. The second-order valence-electron chi connectivity index (χ2n) is 3.76. The first-order valence-electron chi connectivity index (χ1n) is 4.98. The van der Waals surface area contributed by atoms with E-state index < -0.39 is 12.1 Å². The van der Waals surface area contributed by atoms with E-state index in [0.29, 0.717) is 19.5 Å². The van der Waals surface area contributed by atoms with E-state index >= 15 is 0 Å². The van der Waals surface area contributed by atoms with Gasteiger partial charge in [-0.3, -0.25) is 4.90 Å². The summed E-state index contributed by atoms with van der Waals surface area (Å²) in [5, 5.41) is 2.60. The number of alkyl halides is 3. The fraction of sp³-hybridized carbons (Fsp3) is 1.00.